The number of hydrogen-bond acceptors (Lipinski definition) is 5. The van der Waals surface area contributed by atoms with Gasteiger partial charge in [0.25, 0.3) is 5.56 Å². The molecule has 25 heavy (non-hydrogen) atoms. The van der Waals surface area contributed by atoms with Crippen LogP contribution in [0.1, 0.15) is 32.1 Å². The number of hydrogen-bond donors (Lipinski definition) is 0. The first-order chi connectivity index (χ1) is 11.7. The molecule has 3 rings (SSSR count). The van der Waals surface area contributed by atoms with Crippen LogP contribution in [0.15, 0.2) is 20.7 Å². The molecule has 1 spiro atoms. The molecule has 2 fully saturated rings. The Labute approximate surface area is 147 Å². The van der Waals surface area contributed by atoms with Gasteiger partial charge in [0.1, 0.15) is 0 Å². The molecule has 140 valence electrons. The van der Waals surface area contributed by atoms with Crippen LogP contribution in [0.4, 0.5) is 0 Å². The standard InChI is InChI=1S/C16H25N3O5S/c1-17-10-12(14(20)18(2)15(17)21)25(22,23)19-9-5-8-16(11-19)7-4-6-13(16)24-3/h10,13H,4-9,11H2,1-3H3/t13-,16+/m1/s1. The third-order valence-corrected chi connectivity index (χ3v) is 7.54. The number of piperidine rings is 1. The first kappa shape index (κ1) is 18.3. The highest BCUT2D eigenvalue weighted by molar-refractivity contribution is 7.89. The number of rotatable bonds is 3. The maximum Gasteiger partial charge on any atom is 0.330 e. The van der Waals surface area contributed by atoms with Crippen molar-refractivity contribution >= 4 is 10.0 Å². The Kier molecular flexibility index (Phi) is 4.67. The van der Waals surface area contributed by atoms with Crippen LogP contribution < -0.4 is 11.2 Å². The molecular formula is C16H25N3O5S. The number of ether oxygens (including phenoxy) is 1. The van der Waals surface area contributed by atoms with E-state index in [1.165, 1.54) is 18.4 Å². The van der Waals surface area contributed by atoms with Gasteiger partial charge in [-0.2, -0.15) is 4.31 Å². The summed E-state index contributed by atoms with van der Waals surface area (Å²) >= 11 is 0. The number of aromatic nitrogens is 2. The van der Waals surface area contributed by atoms with Gasteiger partial charge in [0.15, 0.2) is 4.90 Å². The van der Waals surface area contributed by atoms with Crippen LogP contribution in [-0.4, -0.2) is 48.2 Å². The van der Waals surface area contributed by atoms with Crippen molar-refractivity contribution in [3.05, 3.63) is 27.0 Å². The molecular weight excluding hydrogens is 346 g/mol. The molecule has 8 nitrogen and oxygen atoms in total. The molecule has 0 aromatic carbocycles. The lowest BCUT2D eigenvalue weighted by atomic mass is 9.77. The van der Waals surface area contributed by atoms with E-state index in [2.05, 4.69) is 0 Å². The minimum Gasteiger partial charge on any atom is -0.381 e. The Balaban J connectivity index is 2.01. The average molecular weight is 371 g/mol. The predicted octanol–water partition coefficient (Wildman–Crippen LogP) is 0.0538. The molecule has 2 heterocycles. The SMILES string of the molecule is CO[C@@H]1CCC[C@@]12CCCN(S(=O)(=O)c1cn(C)c(=O)n(C)c1=O)C2. The third kappa shape index (κ3) is 2.88. The van der Waals surface area contributed by atoms with Gasteiger partial charge in [0.2, 0.25) is 10.0 Å². The van der Waals surface area contributed by atoms with Gasteiger partial charge in [-0.25, -0.2) is 13.2 Å². The van der Waals surface area contributed by atoms with E-state index in [0.29, 0.717) is 13.1 Å². The highest BCUT2D eigenvalue weighted by Crippen LogP contribution is 2.47. The summed E-state index contributed by atoms with van der Waals surface area (Å²) in [6.07, 6.45) is 5.74. The Bertz CT molecular complexity index is 888. The quantitative estimate of drug-likeness (QED) is 0.749. The van der Waals surface area contributed by atoms with Gasteiger partial charge in [-0.15, -0.1) is 0 Å². The van der Waals surface area contributed by atoms with E-state index in [0.717, 1.165) is 47.4 Å². The molecule has 2 aliphatic rings. The summed E-state index contributed by atoms with van der Waals surface area (Å²) in [5.74, 6) is 0. The fraction of sp³-hybridized carbons (Fsp3) is 0.750. The Morgan fingerprint density at radius 1 is 1.20 bits per heavy atom. The van der Waals surface area contributed by atoms with Crippen LogP contribution in [0.5, 0.6) is 0 Å². The minimum absolute atomic E-state index is 0.0495. The van der Waals surface area contributed by atoms with Crippen LogP contribution in [0, 0.1) is 5.41 Å². The molecule has 0 unspecified atom stereocenters. The van der Waals surface area contributed by atoms with Crippen molar-refractivity contribution in [2.45, 2.75) is 43.1 Å². The predicted molar refractivity (Wildman–Crippen MR) is 92.0 cm³/mol. The second-order valence-corrected chi connectivity index (χ2v) is 9.08. The number of methoxy groups -OCH3 is 1. The van der Waals surface area contributed by atoms with Gasteiger partial charge in [0.05, 0.1) is 6.10 Å². The summed E-state index contributed by atoms with van der Waals surface area (Å²) in [4.78, 5) is 23.9. The van der Waals surface area contributed by atoms with Gasteiger partial charge in [-0.05, 0) is 25.7 Å². The largest absolute Gasteiger partial charge is 0.381 e. The average Bonchev–Trinajstić information content (AvgIpc) is 2.97. The summed E-state index contributed by atoms with van der Waals surface area (Å²) in [7, 11) is 0.442. The van der Waals surface area contributed by atoms with E-state index < -0.39 is 21.3 Å². The lowest BCUT2D eigenvalue weighted by molar-refractivity contribution is -0.0185. The molecule has 2 atom stereocenters. The van der Waals surface area contributed by atoms with E-state index in [4.69, 9.17) is 4.74 Å². The molecule has 1 aromatic heterocycles. The summed E-state index contributed by atoms with van der Waals surface area (Å²) in [6.45, 7) is 0.742. The van der Waals surface area contributed by atoms with Crippen LogP contribution in [-0.2, 0) is 28.9 Å². The maximum atomic E-state index is 13.1. The first-order valence-corrected chi connectivity index (χ1v) is 9.96. The number of sulfonamides is 1. The molecule has 1 saturated carbocycles. The van der Waals surface area contributed by atoms with E-state index in [9.17, 15) is 18.0 Å². The van der Waals surface area contributed by atoms with Crippen molar-refractivity contribution in [2.24, 2.45) is 19.5 Å². The third-order valence-electron chi connectivity index (χ3n) is 5.71. The van der Waals surface area contributed by atoms with Gasteiger partial charge in [0, 0.05) is 45.9 Å². The second kappa shape index (κ2) is 6.37. The zero-order valence-corrected chi connectivity index (χ0v) is 15.7. The zero-order valence-electron chi connectivity index (χ0n) is 14.9. The highest BCUT2D eigenvalue weighted by atomic mass is 32.2. The van der Waals surface area contributed by atoms with E-state index >= 15 is 0 Å². The van der Waals surface area contributed by atoms with Gasteiger partial charge < -0.3 is 9.30 Å². The van der Waals surface area contributed by atoms with Crippen molar-refractivity contribution in [2.75, 3.05) is 20.2 Å². The van der Waals surface area contributed by atoms with Crippen molar-refractivity contribution in [3.8, 4) is 0 Å². The van der Waals surface area contributed by atoms with Crippen molar-refractivity contribution in [3.63, 3.8) is 0 Å². The highest BCUT2D eigenvalue weighted by Gasteiger charge is 2.48. The van der Waals surface area contributed by atoms with Crippen LogP contribution >= 0.6 is 0 Å². The van der Waals surface area contributed by atoms with Gasteiger partial charge in [-0.3, -0.25) is 9.36 Å². The van der Waals surface area contributed by atoms with E-state index in [1.54, 1.807) is 7.11 Å². The second-order valence-electron chi connectivity index (χ2n) is 7.17. The monoisotopic (exact) mass is 371 g/mol. The number of aryl methyl sites for hydroxylation is 1. The summed E-state index contributed by atoms with van der Waals surface area (Å²) in [5.41, 5.74) is -1.50. The van der Waals surface area contributed by atoms with E-state index in [1.807, 2.05) is 0 Å². The lowest BCUT2D eigenvalue weighted by Crippen LogP contribution is -2.51. The zero-order chi connectivity index (χ0) is 18.4. The lowest BCUT2D eigenvalue weighted by Gasteiger charge is -2.42. The Hall–Kier alpha value is -1.45. The summed E-state index contributed by atoms with van der Waals surface area (Å²) in [5, 5.41) is 0. The fourth-order valence-electron chi connectivity index (χ4n) is 4.35. The minimum atomic E-state index is -3.96. The topological polar surface area (TPSA) is 90.6 Å². The van der Waals surface area contributed by atoms with Crippen LogP contribution in [0.2, 0.25) is 0 Å². The molecule has 0 bridgehead atoms. The Morgan fingerprint density at radius 2 is 1.88 bits per heavy atom. The van der Waals surface area contributed by atoms with Gasteiger partial charge in [-0.1, -0.05) is 6.42 Å². The van der Waals surface area contributed by atoms with Crippen LogP contribution in [0.3, 0.4) is 0 Å². The van der Waals surface area contributed by atoms with Crippen LogP contribution in [0.25, 0.3) is 0 Å². The van der Waals surface area contributed by atoms with Crippen molar-refractivity contribution in [1.82, 2.24) is 13.4 Å². The molecule has 1 aliphatic carbocycles. The fourth-order valence-corrected chi connectivity index (χ4v) is 6.08. The van der Waals surface area contributed by atoms with E-state index in [-0.39, 0.29) is 16.4 Å². The normalized spacial score (nSPS) is 27.9. The number of nitrogens with zero attached hydrogens (tertiary/aromatic N) is 3. The smallest absolute Gasteiger partial charge is 0.330 e. The Morgan fingerprint density at radius 3 is 2.56 bits per heavy atom. The first-order valence-electron chi connectivity index (χ1n) is 8.52. The molecule has 0 amide bonds. The summed E-state index contributed by atoms with van der Waals surface area (Å²) < 4.78 is 35.2. The molecule has 0 radical (unpaired) electrons. The van der Waals surface area contributed by atoms with Crippen molar-refractivity contribution < 1.29 is 13.2 Å². The summed E-state index contributed by atoms with van der Waals surface area (Å²) in [6, 6.07) is 0. The van der Waals surface area contributed by atoms with Gasteiger partial charge >= 0.3 is 5.69 Å². The molecule has 9 heteroatoms. The molecule has 1 aromatic rings. The molecule has 0 N–H and O–H groups in total. The maximum absolute atomic E-state index is 13.1. The molecule has 1 aliphatic heterocycles. The van der Waals surface area contributed by atoms with Crippen molar-refractivity contribution in [1.29, 1.82) is 0 Å². The molecule has 1 saturated heterocycles.